The summed E-state index contributed by atoms with van der Waals surface area (Å²) in [5.41, 5.74) is 0.244. The van der Waals surface area contributed by atoms with Gasteiger partial charge in [0.2, 0.25) is 0 Å². The monoisotopic (exact) mass is 290 g/mol. The summed E-state index contributed by atoms with van der Waals surface area (Å²) in [4.78, 5) is 14.0. The van der Waals surface area contributed by atoms with Crippen LogP contribution in [0.3, 0.4) is 0 Å². The summed E-state index contributed by atoms with van der Waals surface area (Å²) in [7, 11) is 3.97. The Morgan fingerprint density at radius 2 is 2.11 bits per heavy atom. The molecule has 1 aromatic rings. The molecule has 0 aliphatic carbocycles. The van der Waals surface area contributed by atoms with Crippen molar-refractivity contribution in [3.63, 3.8) is 0 Å². The minimum atomic E-state index is -0.289. The smallest absolute Gasteiger partial charge is 0.254 e. The van der Waals surface area contributed by atoms with E-state index in [4.69, 9.17) is 23.2 Å². The molecule has 0 aliphatic heterocycles. The largest absolute Gasteiger partial charge is 0.349 e. The van der Waals surface area contributed by atoms with E-state index in [-0.39, 0.29) is 27.8 Å². The van der Waals surface area contributed by atoms with Gasteiger partial charge in [0.05, 0.1) is 5.56 Å². The maximum absolute atomic E-state index is 11.9. The van der Waals surface area contributed by atoms with Crippen LogP contribution in [-0.4, -0.2) is 47.7 Å². The lowest BCUT2D eigenvalue weighted by molar-refractivity contribution is 0.0936. The van der Waals surface area contributed by atoms with Gasteiger partial charge in [-0.2, -0.15) is 0 Å². The summed E-state index contributed by atoms with van der Waals surface area (Å²) >= 11 is 11.5. The topological polar surface area (TPSA) is 58.1 Å². The molecule has 0 aliphatic rings. The van der Waals surface area contributed by atoms with E-state index in [0.29, 0.717) is 0 Å². The van der Waals surface area contributed by atoms with Crippen LogP contribution < -0.4 is 5.32 Å². The number of aromatic nitrogens is 2. The van der Waals surface area contributed by atoms with Gasteiger partial charge < -0.3 is 10.2 Å². The van der Waals surface area contributed by atoms with E-state index in [0.717, 1.165) is 13.0 Å². The molecule has 1 rings (SSSR count). The molecule has 1 heterocycles. The van der Waals surface area contributed by atoms with E-state index in [2.05, 4.69) is 20.4 Å². The summed E-state index contributed by atoms with van der Waals surface area (Å²) in [5, 5.41) is 10.2. The number of rotatable bonds is 5. The average Bonchev–Trinajstić information content (AvgIpc) is 2.29. The number of nitrogens with one attached hydrogen (secondary N) is 1. The second-order valence-corrected chi connectivity index (χ2v) is 5.08. The maximum atomic E-state index is 11.9. The number of halogens is 2. The number of nitrogens with zero attached hydrogens (tertiary/aromatic N) is 3. The third kappa shape index (κ3) is 4.76. The van der Waals surface area contributed by atoms with E-state index in [9.17, 15) is 4.79 Å². The first-order valence-corrected chi connectivity index (χ1v) is 6.30. The Balaban J connectivity index is 2.62. The van der Waals surface area contributed by atoms with Crippen LogP contribution in [0.2, 0.25) is 10.3 Å². The number of carbonyl (C=O) groups is 1. The Labute approximate surface area is 116 Å². The first-order valence-electron chi connectivity index (χ1n) is 5.54. The molecule has 100 valence electrons. The highest BCUT2D eigenvalue weighted by atomic mass is 35.5. The zero-order chi connectivity index (χ0) is 13.7. The second kappa shape index (κ2) is 6.87. The van der Waals surface area contributed by atoms with Crippen molar-refractivity contribution in [1.29, 1.82) is 0 Å². The normalized spacial score (nSPS) is 12.6. The van der Waals surface area contributed by atoms with Gasteiger partial charge in [0.25, 0.3) is 5.91 Å². The van der Waals surface area contributed by atoms with Gasteiger partial charge in [-0.05, 0) is 40.1 Å². The summed E-state index contributed by atoms with van der Waals surface area (Å²) in [6.07, 6.45) is 0.850. The molecule has 0 saturated carbocycles. The Hall–Kier alpha value is -0.910. The van der Waals surface area contributed by atoms with Gasteiger partial charge in [-0.15, -0.1) is 10.2 Å². The van der Waals surface area contributed by atoms with Crippen LogP contribution in [0, 0.1) is 0 Å². The predicted molar refractivity (Wildman–Crippen MR) is 72.2 cm³/mol. The first kappa shape index (κ1) is 15.1. The van der Waals surface area contributed by atoms with Crippen LogP contribution in [0.15, 0.2) is 6.07 Å². The Morgan fingerprint density at radius 1 is 1.44 bits per heavy atom. The second-order valence-electron chi connectivity index (χ2n) is 4.34. The molecule has 18 heavy (non-hydrogen) atoms. The van der Waals surface area contributed by atoms with Crippen molar-refractivity contribution in [2.45, 2.75) is 19.4 Å². The van der Waals surface area contributed by atoms with E-state index >= 15 is 0 Å². The van der Waals surface area contributed by atoms with Gasteiger partial charge in [-0.25, -0.2) is 0 Å². The van der Waals surface area contributed by atoms with Crippen LogP contribution in [-0.2, 0) is 0 Å². The van der Waals surface area contributed by atoms with Crippen LogP contribution >= 0.6 is 23.2 Å². The summed E-state index contributed by atoms with van der Waals surface area (Å²) < 4.78 is 0. The molecule has 1 amide bonds. The Bertz CT molecular complexity index is 426. The summed E-state index contributed by atoms with van der Waals surface area (Å²) in [6.45, 7) is 2.83. The highest BCUT2D eigenvalue weighted by Crippen LogP contribution is 2.15. The van der Waals surface area contributed by atoms with Crippen LogP contribution in [0.1, 0.15) is 23.7 Å². The number of hydrogen-bond donors (Lipinski definition) is 1. The molecule has 0 fully saturated rings. The Morgan fingerprint density at radius 3 is 2.72 bits per heavy atom. The fourth-order valence-corrected chi connectivity index (χ4v) is 1.66. The van der Waals surface area contributed by atoms with Gasteiger partial charge >= 0.3 is 0 Å². The zero-order valence-electron chi connectivity index (χ0n) is 10.6. The van der Waals surface area contributed by atoms with Crippen molar-refractivity contribution < 1.29 is 4.79 Å². The molecule has 1 N–H and O–H groups in total. The van der Waals surface area contributed by atoms with Crippen molar-refractivity contribution in [2.24, 2.45) is 0 Å². The van der Waals surface area contributed by atoms with Crippen LogP contribution in [0.25, 0.3) is 0 Å². The molecule has 7 heteroatoms. The zero-order valence-corrected chi connectivity index (χ0v) is 12.1. The lowest BCUT2D eigenvalue weighted by Gasteiger charge is -2.16. The van der Waals surface area contributed by atoms with Crippen molar-refractivity contribution >= 4 is 29.1 Å². The SMILES string of the molecule is CC(CCN(C)C)NC(=O)c1cc(Cl)nnc1Cl. The molecule has 1 atom stereocenters. The van der Waals surface area contributed by atoms with E-state index in [1.165, 1.54) is 6.07 Å². The first-order chi connectivity index (χ1) is 8.40. The number of amides is 1. The van der Waals surface area contributed by atoms with Crippen molar-refractivity contribution in [3.8, 4) is 0 Å². The molecule has 0 radical (unpaired) electrons. The highest BCUT2D eigenvalue weighted by molar-refractivity contribution is 6.34. The van der Waals surface area contributed by atoms with E-state index < -0.39 is 0 Å². The third-order valence-electron chi connectivity index (χ3n) is 2.35. The minimum absolute atomic E-state index is 0.0444. The van der Waals surface area contributed by atoms with E-state index in [1.54, 1.807) is 0 Å². The molecule has 0 aromatic carbocycles. The van der Waals surface area contributed by atoms with Gasteiger partial charge in [0.1, 0.15) is 0 Å². The van der Waals surface area contributed by atoms with Crippen molar-refractivity contribution in [2.75, 3.05) is 20.6 Å². The fraction of sp³-hybridized carbons (Fsp3) is 0.545. The molecule has 1 unspecified atom stereocenters. The van der Waals surface area contributed by atoms with Crippen LogP contribution in [0.4, 0.5) is 0 Å². The lowest BCUT2D eigenvalue weighted by Crippen LogP contribution is -2.35. The molecule has 0 spiro atoms. The van der Waals surface area contributed by atoms with Crippen molar-refractivity contribution in [3.05, 3.63) is 21.9 Å². The Kier molecular flexibility index (Phi) is 5.78. The number of hydrogen-bond acceptors (Lipinski definition) is 4. The minimum Gasteiger partial charge on any atom is -0.349 e. The molecule has 0 saturated heterocycles. The van der Waals surface area contributed by atoms with Gasteiger partial charge in [-0.3, -0.25) is 4.79 Å². The fourth-order valence-electron chi connectivity index (χ4n) is 1.34. The van der Waals surface area contributed by atoms with Gasteiger partial charge in [0, 0.05) is 6.04 Å². The average molecular weight is 291 g/mol. The van der Waals surface area contributed by atoms with Gasteiger partial charge in [0.15, 0.2) is 10.3 Å². The lowest BCUT2D eigenvalue weighted by atomic mass is 10.2. The maximum Gasteiger partial charge on any atom is 0.254 e. The molecular weight excluding hydrogens is 275 g/mol. The van der Waals surface area contributed by atoms with Crippen molar-refractivity contribution in [1.82, 2.24) is 20.4 Å². The quantitative estimate of drug-likeness (QED) is 0.899. The molecule has 0 bridgehead atoms. The van der Waals surface area contributed by atoms with Crippen LogP contribution in [0.5, 0.6) is 0 Å². The predicted octanol–water partition coefficient (Wildman–Crippen LogP) is 1.85. The highest BCUT2D eigenvalue weighted by Gasteiger charge is 2.15. The number of carbonyl (C=O) groups excluding carboxylic acids is 1. The van der Waals surface area contributed by atoms with E-state index in [1.807, 2.05) is 21.0 Å². The summed E-state index contributed by atoms with van der Waals surface area (Å²) in [6, 6.07) is 1.45. The molecular formula is C11H16Cl2N4O. The summed E-state index contributed by atoms with van der Waals surface area (Å²) in [5.74, 6) is -0.289. The third-order valence-corrected chi connectivity index (χ3v) is 2.81. The molecule has 1 aromatic heterocycles. The molecule has 5 nitrogen and oxygen atoms in total. The standard InChI is InChI=1S/C11H16Cl2N4O/c1-7(4-5-17(2)3)14-11(18)8-6-9(12)15-16-10(8)13/h6-7H,4-5H2,1-3H3,(H,14,18). The van der Waals surface area contributed by atoms with Gasteiger partial charge in [-0.1, -0.05) is 23.2 Å².